The number of hydrogen-bond donors (Lipinski definition) is 1. The third-order valence-electron chi connectivity index (χ3n) is 2.74. The summed E-state index contributed by atoms with van der Waals surface area (Å²) in [5.74, 6) is -0.856. The van der Waals surface area contributed by atoms with E-state index in [-0.39, 0.29) is 0 Å². The van der Waals surface area contributed by atoms with E-state index in [2.05, 4.69) is 22.9 Å². The van der Waals surface area contributed by atoms with Gasteiger partial charge in [0, 0.05) is 5.39 Å². The van der Waals surface area contributed by atoms with Crippen molar-refractivity contribution < 1.29 is 9.90 Å². The zero-order valence-corrected chi connectivity index (χ0v) is 13.9. The fourth-order valence-electron chi connectivity index (χ4n) is 1.69. The monoisotopic (exact) mass is 467 g/mol. The van der Waals surface area contributed by atoms with Crippen LogP contribution < -0.4 is 3.11 Å². The molecule has 0 aliphatic rings. The molecule has 0 fully saturated rings. The van der Waals surface area contributed by atoms with Gasteiger partial charge < -0.3 is 5.11 Å². The smallest absolute Gasteiger partial charge is 0.340 e. The Morgan fingerprint density at radius 2 is 1.83 bits per heavy atom. The van der Waals surface area contributed by atoms with Crippen LogP contribution in [0.25, 0.3) is 10.8 Å². The molecule has 0 aromatic heterocycles. The first-order valence-corrected chi connectivity index (χ1v) is 7.35. The second kappa shape index (κ2) is 5.20. The van der Waals surface area contributed by atoms with Gasteiger partial charge in [-0.25, -0.2) is 4.79 Å². The van der Waals surface area contributed by atoms with Crippen LogP contribution in [0.3, 0.4) is 0 Å². The molecule has 0 saturated carbocycles. The van der Waals surface area contributed by atoms with Crippen LogP contribution in [0.2, 0.25) is 0 Å². The van der Waals surface area contributed by atoms with E-state index in [9.17, 15) is 9.90 Å². The number of aliphatic carboxylic acids is 1. The second-order valence-electron chi connectivity index (χ2n) is 4.04. The quantitative estimate of drug-likeness (QED) is 0.318. The van der Waals surface area contributed by atoms with Gasteiger partial charge in [0.05, 0.1) is 28.6 Å². The van der Waals surface area contributed by atoms with Crippen LogP contribution in [0.5, 0.6) is 0 Å². The summed E-state index contributed by atoms with van der Waals surface area (Å²) in [6.07, 6.45) is 0. The Labute approximate surface area is 133 Å². The average molecular weight is 467 g/mol. The summed E-state index contributed by atoms with van der Waals surface area (Å²) in [5, 5.41) is 11.5. The van der Waals surface area contributed by atoms with Gasteiger partial charge in [-0.05, 0) is 41.0 Å². The van der Waals surface area contributed by atoms with E-state index in [4.69, 9.17) is 0 Å². The lowest BCUT2D eigenvalue weighted by molar-refractivity contribution is -0.138. The summed E-state index contributed by atoms with van der Waals surface area (Å²) in [6.45, 7) is 1.68. The van der Waals surface area contributed by atoms with Gasteiger partial charge in [0.2, 0.25) is 0 Å². The van der Waals surface area contributed by atoms with Crippen molar-refractivity contribution in [3.8, 4) is 0 Å². The fourth-order valence-corrected chi connectivity index (χ4v) is 2.58. The van der Waals surface area contributed by atoms with E-state index in [1.165, 1.54) is 0 Å². The maximum Gasteiger partial charge on any atom is 0.340 e. The number of benzene rings is 2. The first-order valence-electron chi connectivity index (χ1n) is 5.30. The highest BCUT2D eigenvalue weighted by Gasteiger charge is 2.36. The standard InChI is InChI=1S/C13H11I2NO2/c1-13(14,12(17)18)16(15)11-8-4-6-9-5-2-3-7-10(9)11/h2-8H,1H3,(H,17,18)/t13-/m0/s1. The van der Waals surface area contributed by atoms with Gasteiger partial charge in [-0.1, -0.05) is 36.4 Å². The van der Waals surface area contributed by atoms with Crippen molar-refractivity contribution in [3.63, 3.8) is 0 Å². The van der Waals surface area contributed by atoms with Crippen molar-refractivity contribution in [2.24, 2.45) is 0 Å². The number of carboxylic acids is 1. The molecule has 2 rings (SSSR count). The Morgan fingerprint density at radius 3 is 2.50 bits per heavy atom. The fraction of sp³-hybridized carbons (Fsp3) is 0.154. The Morgan fingerprint density at radius 1 is 1.22 bits per heavy atom. The van der Waals surface area contributed by atoms with Gasteiger partial charge in [-0.3, -0.25) is 3.11 Å². The number of halogens is 2. The first kappa shape index (κ1) is 13.9. The summed E-state index contributed by atoms with van der Waals surface area (Å²) >= 11 is 4.01. The molecule has 0 aliphatic carbocycles. The topological polar surface area (TPSA) is 40.5 Å². The minimum atomic E-state index is -0.984. The van der Waals surface area contributed by atoms with Crippen molar-refractivity contribution in [2.45, 2.75) is 10.5 Å². The molecule has 0 spiro atoms. The zero-order chi connectivity index (χ0) is 13.3. The van der Waals surface area contributed by atoms with Gasteiger partial charge >= 0.3 is 5.97 Å². The molecule has 2 aromatic carbocycles. The largest absolute Gasteiger partial charge is 0.479 e. The summed E-state index contributed by atoms with van der Waals surface area (Å²) < 4.78 is 0.776. The number of nitrogens with zero attached hydrogens (tertiary/aromatic N) is 1. The van der Waals surface area contributed by atoms with Crippen LogP contribution in [0.4, 0.5) is 5.69 Å². The molecule has 0 radical (unpaired) electrons. The van der Waals surface area contributed by atoms with Gasteiger partial charge in [-0.15, -0.1) is 0 Å². The number of carbonyl (C=O) groups is 1. The van der Waals surface area contributed by atoms with Gasteiger partial charge in [0.15, 0.2) is 3.55 Å². The molecule has 18 heavy (non-hydrogen) atoms. The molecule has 1 N–H and O–H groups in total. The van der Waals surface area contributed by atoms with Crippen LogP contribution in [-0.4, -0.2) is 14.6 Å². The van der Waals surface area contributed by atoms with Gasteiger partial charge in [0.25, 0.3) is 0 Å². The molecule has 0 amide bonds. The zero-order valence-electron chi connectivity index (χ0n) is 9.60. The van der Waals surface area contributed by atoms with Crippen LogP contribution >= 0.6 is 45.5 Å². The number of hydrogen-bond acceptors (Lipinski definition) is 2. The normalized spacial score (nSPS) is 14.2. The lowest BCUT2D eigenvalue weighted by atomic mass is 10.1. The SMILES string of the molecule is C[C@@](I)(C(=O)O)N(I)c1cccc2ccccc12. The van der Waals surface area contributed by atoms with Crippen LogP contribution in [-0.2, 0) is 4.79 Å². The predicted molar refractivity (Wildman–Crippen MR) is 90.5 cm³/mol. The van der Waals surface area contributed by atoms with E-state index >= 15 is 0 Å². The van der Waals surface area contributed by atoms with E-state index in [0.717, 1.165) is 16.5 Å². The number of carboxylic acid groups (broad SMARTS) is 1. The third-order valence-corrected chi connectivity index (χ3v) is 6.09. The van der Waals surface area contributed by atoms with Gasteiger partial charge in [0.1, 0.15) is 0 Å². The Bertz CT molecular complexity index is 593. The predicted octanol–water partition coefficient (Wildman–Crippen LogP) is 4.23. The molecule has 0 unspecified atom stereocenters. The minimum absolute atomic E-state index is 0.856. The number of alkyl halides is 1. The van der Waals surface area contributed by atoms with Gasteiger partial charge in [-0.2, -0.15) is 0 Å². The molecule has 1 atom stereocenters. The lowest BCUT2D eigenvalue weighted by Crippen LogP contribution is -2.41. The van der Waals surface area contributed by atoms with Crippen molar-refractivity contribution in [3.05, 3.63) is 42.5 Å². The molecule has 3 nitrogen and oxygen atoms in total. The van der Waals surface area contributed by atoms with Crippen molar-refractivity contribution in [1.29, 1.82) is 0 Å². The molecule has 0 heterocycles. The van der Waals surface area contributed by atoms with Crippen LogP contribution in [0.15, 0.2) is 42.5 Å². The van der Waals surface area contributed by atoms with E-state index in [1.807, 2.05) is 65.1 Å². The average Bonchev–Trinajstić information content (AvgIpc) is 2.37. The molecule has 0 saturated heterocycles. The minimum Gasteiger partial charge on any atom is -0.479 e. The van der Waals surface area contributed by atoms with E-state index < -0.39 is 9.51 Å². The highest BCUT2D eigenvalue weighted by atomic mass is 127. The van der Waals surface area contributed by atoms with E-state index in [1.54, 1.807) is 10.0 Å². The Balaban J connectivity index is 2.58. The van der Waals surface area contributed by atoms with Crippen LogP contribution in [0, 0.1) is 0 Å². The number of rotatable bonds is 3. The molecular formula is C13H11I2NO2. The molecule has 2 aromatic rings. The Kier molecular flexibility index (Phi) is 4.00. The summed E-state index contributed by atoms with van der Waals surface area (Å²) in [7, 11) is 0. The number of anilines is 1. The summed E-state index contributed by atoms with van der Waals surface area (Å²) in [5.41, 5.74) is 0.910. The third kappa shape index (κ3) is 2.42. The molecular weight excluding hydrogens is 456 g/mol. The highest BCUT2D eigenvalue weighted by Crippen LogP contribution is 2.37. The molecule has 94 valence electrons. The Hall–Kier alpha value is -0.570. The van der Waals surface area contributed by atoms with E-state index in [0.29, 0.717) is 0 Å². The highest BCUT2D eigenvalue weighted by molar-refractivity contribution is 14.1. The van der Waals surface area contributed by atoms with Crippen molar-refractivity contribution in [2.75, 3.05) is 3.11 Å². The van der Waals surface area contributed by atoms with Crippen molar-refractivity contribution >= 4 is 67.9 Å². The molecule has 5 heteroatoms. The summed E-state index contributed by atoms with van der Waals surface area (Å²) in [4.78, 5) is 11.3. The molecule has 0 bridgehead atoms. The maximum absolute atomic E-state index is 11.3. The molecule has 0 aliphatic heterocycles. The first-order chi connectivity index (χ1) is 8.44. The summed E-state index contributed by atoms with van der Waals surface area (Å²) in [6, 6.07) is 13.9. The maximum atomic E-state index is 11.3. The van der Waals surface area contributed by atoms with Crippen LogP contribution in [0.1, 0.15) is 6.92 Å². The second-order valence-corrected chi connectivity index (χ2v) is 7.10. The lowest BCUT2D eigenvalue weighted by Gasteiger charge is -2.30. The number of fused-ring (bicyclic) bond motifs is 1. The van der Waals surface area contributed by atoms with Crippen molar-refractivity contribution in [1.82, 2.24) is 0 Å².